The lowest BCUT2D eigenvalue weighted by Crippen LogP contribution is -2.40. The van der Waals surface area contributed by atoms with Crippen molar-refractivity contribution in [3.63, 3.8) is 0 Å². The third-order valence-electron chi connectivity index (χ3n) is 4.81. The van der Waals surface area contributed by atoms with E-state index in [1.54, 1.807) is 17.7 Å². The van der Waals surface area contributed by atoms with Crippen molar-refractivity contribution in [1.29, 1.82) is 0 Å². The Hall–Kier alpha value is -3.00. The number of aryl methyl sites for hydroxylation is 1. The summed E-state index contributed by atoms with van der Waals surface area (Å²) in [5.74, 6) is -0.493. The fraction of sp³-hybridized carbons (Fsp3) is 0.364. The van der Waals surface area contributed by atoms with Crippen molar-refractivity contribution in [2.45, 2.75) is 45.6 Å². The predicted molar refractivity (Wildman–Crippen MR) is 120 cm³/mol. The molecule has 0 spiro atoms. The largest absolute Gasteiger partial charge is 0.480 e. The van der Waals surface area contributed by atoms with Crippen LogP contribution in [0.5, 0.6) is 0 Å². The Kier molecular flexibility index (Phi) is 7.35. The van der Waals surface area contributed by atoms with Crippen molar-refractivity contribution >= 4 is 39.2 Å². The van der Waals surface area contributed by atoms with Crippen molar-refractivity contribution < 1.29 is 14.7 Å². The van der Waals surface area contributed by atoms with Crippen LogP contribution in [0.4, 0.5) is 5.82 Å². The number of aromatic nitrogens is 2. The SMILES string of the molecule is CCCC(NC(=O)CCCNc1ncnc2sc(C)c(-c3ccccc3)c12)C(=O)O. The van der Waals surface area contributed by atoms with Gasteiger partial charge in [-0.1, -0.05) is 43.7 Å². The van der Waals surface area contributed by atoms with Gasteiger partial charge in [-0.3, -0.25) is 4.79 Å². The molecule has 0 aliphatic carbocycles. The fourth-order valence-corrected chi connectivity index (χ4v) is 4.41. The van der Waals surface area contributed by atoms with Crippen LogP contribution in [0.15, 0.2) is 36.7 Å². The lowest BCUT2D eigenvalue weighted by Gasteiger charge is -2.13. The molecule has 3 aromatic rings. The molecule has 7 nitrogen and oxygen atoms in total. The maximum absolute atomic E-state index is 12.1. The first kappa shape index (κ1) is 21.7. The van der Waals surface area contributed by atoms with Crippen LogP contribution in [0, 0.1) is 6.92 Å². The summed E-state index contributed by atoms with van der Waals surface area (Å²) in [6, 6.07) is 9.34. The number of hydrogen-bond donors (Lipinski definition) is 3. The molecule has 0 fully saturated rings. The van der Waals surface area contributed by atoms with Gasteiger partial charge in [-0.15, -0.1) is 11.3 Å². The van der Waals surface area contributed by atoms with Crippen molar-refractivity contribution in [2.75, 3.05) is 11.9 Å². The maximum atomic E-state index is 12.1. The number of anilines is 1. The number of carboxylic acids is 1. The highest BCUT2D eigenvalue weighted by Gasteiger charge is 2.19. The van der Waals surface area contributed by atoms with Crippen LogP contribution in [-0.4, -0.2) is 39.5 Å². The zero-order valence-corrected chi connectivity index (χ0v) is 18.0. The Morgan fingerprint density at radius 3 is 2.67 bits per heavy atom. The molecule has 0 radical (unpaired) electrons. The molecular formula is C22H26N4O3S. The second kappa shape index (κ2) is 10.2. The second-order valence-corrected chi connectivity index (χ2v) is 8.28. The highest BCUT2D eigenvalue weighted by atomic mass is 32.1. The molecule has 1 amide bonds. The molecule has 0 bridgehead atoms. The van der Waals surface area contributed by atoms with Crippen LogP contribution >= 0.6 is 11.3 Å². The number of carbonyl (C=O) groups is 2. The smallest absolute Gasteiger partial charge is 0.326 e. The third kappa shape index (κ3) is 5.13. The molecule has 1 unspecified atom stereocenters. The molecule has 3 N–H and O–H groups in total. The lowest BCUT2D eigenvalue weighted by molar-refractivity contribution is -0.142. The first-order chi connectivity index (χ1) is 14.5. The molecule has 0 aliphatic heterocycles. The Labute approximate surface area is 179 Å². The molecule has 2 aromatic heterocycles. The quantitative estimate of drug-likeness (QED) is 0.419. The number of hydrogen-bond acceptors (Lipinski definition) is 6. The third-order valence-corrected chi connectivity index (χ3v) is 5.82. The van der Waals surface area contributed by atoms with Gasteiger partial charge in [-0.25, -0.2) is 14.8 Å². The van der Waals surface area contributed by atoms with Crippen LogP contribution in [0.2, 0.25) is 0 Å². The molecule has 8 heteroatoms. The zero-order chi connectivity index (χ0) is 21.5. The van der Waals surface area contributed by atoms with Gasteiger partial charge in [0.2, 0.25) is 5.91 Å². The van der Waals surface area contributed by atoms with Crippen molar-refractivity contribution in [1.82, 2.24) is 15.3 Å². The lowest BCUT2D eigenvalue weighted by atomic mass is 10.0. The van der Waals surface area contributed by atoms with E-state index in [4.69, 9.17) is 5.11 Å². The Balaban J connectivity index is 1.66. The number of nitrogens with zero attached hydrogens (tertiary/aromatic N) is 2. The van der Waals surface area contributed by atoms with Gasteiger partial charge in [0.25, 0.3) is 0 Å². The minimum absolute atomic E-state index is 0.248. The monoisotopic (exact) mass is 426 g/mol. The molecule has 0 saturated carbocycles. The molecule has 1 atom stereocenters. The minimum atomic E-state index is -0.993. The van der Waals surface area contributed by atoms with Crippen molar-refractivity contribution in [3.05, 3.63) is 41.5 Å². The summed E-state index contributed by atoms with van der Waals surface area (Å²) < 4.78 is 0. The average molecular weight is 427 g/mol. The number of benzene rings is 1. The Bertz CT molecular complexity index is 1020. The van der Waals surface area contributed by atoms with Gasteiger partial charge in [0, 0.05) is 23.4 Å². The molecule has 2 heterocycles. The predicted octanol–water partition coefficient (Wildman–Crippen LogP) is 4.23. The molecule has 0 aliphatic rings. The summed E-state index contributed by atoms with van der Waals surface area (Å²) in [4.78, 5) is 34.2. The van der Waals surface area contributed by atoms with E-state index < -0.39 is 12.0 Å². The highest BCUT2D eigenvalue weighted by molar-refractivity contribution is 7.19. The van der Waals surface area contributed by atoms with Crippen LogP contribution in [0.3, 0.4) is 0 Å². The number of nitrogens with one attached hydrogen (secondary N) is 2. The zero-order valence-electron chi connectivity index (χ0n) is 17.1. The summed E-state index contributed by atoms with van der Waals surface area (Å²) in [5.41, 5.74) is 2.24. The average Bonchev–Trinajstić information content (AvgIpc) is 3.08. The van der Waals surface area contributed by atoms with Crippen LogP contribution in [0.25, 0.3) is 21.3 Å². The van der Waals surface area contributed by atoms with Crippen molar-refractivity contribution in [3.8, 4) is 11.1 Å². The van der Waals surface area contributed by atoms with Gasteiger partial charge in [0.05, 0.1) is 5.39 Å². The van der Waals surface area contributed by atoms with E-state index in [0.29, 0.717) is 25.8 Å². The number of thiophene rings is 1. The van der Waals surface area contributed by atoms with Gasteiger partial charge in [-0.2, -0.15) is 0 Å². The summed E-state index contributed by atoms with van der Waals surface area (Å²) in [5, 5.41) is 16.1. The van der Waals surface area contributed by atoms with E-state index in [1.807, 2.05) is 25.1 Å². The van der Waals surface area contributed by atoms with E-state index in [1.165, 1.54) is 4.88 Å². The van der Waals surface area contributed by atoms with Gasteiger partial charge in [-0.05, 0) is 25.3 Å². The molecule has 30 heavy (non-hydrogen) atoms. The maximum Gasteiger partial charge on any atom is 0.326 e. The number of rotatable bonds is 10. The molecule has 158 valence electrons. The molecule has 1 aromatic carbocycles. The minimum Gasteiger partial charge on any atom is -0.480 e. The molecule has 0 saturated heterocycles. The number of carboxylic acid groups (broad SMARTS) is 1. The highest BCUT2D eigenvalue weighted by Crippen LogP contribution is 2.40. The van der Waals surface area contributed by atoms with Gasteiger partial charge in [0.1, 0.15) is 23.0 Å². The summed E-state index contributed by atoms with van der Waals surface area (Å²) in [6.07, 6.45) is 3.50. The normalized spacial score (nSPS) is 11.9. The van der Waals surface area contributed by atoms with E-state index in [2.05, 4.69) is 39.7 Å². The standard InChI is InChI=1S/C22H26N4O3S/c1-3-8-16(22(28)29)26-17(27)11-7-12-23-20-19-18(15-9-5-4-6-10-15)14(2)30-21(19)25-13-24-20/h4-6,9-10,13,16H,3,7-8,11-12H2,1-2H3,(H,26,27)(H,28,29)(H,23,24,25). The number of amides is 1. The number of fused-ring (bicyclic) bond motifs is 1. The molecular weight excluding hydrogens is 400 g/mol. The summed E-state index contributed by atoms with van der Waals surface area (Å²) in [6.45, 7) is 4.52. The molecule has 3 rings (SSSR count). The Morgan fingerprint density at radius 1 is 1.20 bits per heavy atom. The van der Waals surface area contributed by atoms with E-state index in [9.17, 15) is 9.59 Å². The first-order valence-corrected chi connectivity index (χ1v) is 10.9. The van der Waals surface area contributed by atoms with E-state index in [-0.39, 0.29) is 12.3 Å². The van der Waals surface area contributed by atoms with Crippen LogP contribution < -0.4 is 10.6 Å². The topological polar surface area (TPSA) is 104 Å². The summed E-state index contributed by atoms with van der Waals surface area (Å²) >= 11 is 1.64. The number of carbonyl (C=O) groups excluding carboxylic acids is 1. The van der Waals surface area contributed by atoms with Crippen LogP contribution in [0.1, 0.15) is 37.5 Å². The van der Waals surface area contributed by atoms with Crippen molar-refractivity contribution in [2.24, 2.45) is 0 Å². The number of aliphatic carboxylic acids is 1. The van der Waals surface area contributed by atoms with E-state index in [0.717, 1.165) is 27.2 Å². The van der Waals surface area contributed by atoms with Crippen LogP contribution in [-0.2, 0) is 9.59 Å². The summed E-state index contributed by atoms with van der Waals surface area (Å²) in [7, 11) is 0. The second-order valence-electron chi connectivity index (χ2n) is 7.08. The van der Waals surface area contributed by atoms with Gasteiger partial charge < -0.3 is 15.7 Å². The van der Waals surface area contributed by atoms with Gasteiger partial charge in [0.15, 0.2) is 0 Å². The van der Waals surface area contributed by atoms with E-state index >= 15 is 0 Å². The van der Waals surface area contributed by atoms with Gasteiger partial charge >= 0.3 is 5.97 Å². The first-order valence-electron chi connectivity index (χ1n) is 10.1. The Morgan fingerprint density at radius 2 is 1.97 bits per heavy atom. The fourth-order valence-electron chi connectivity index (χ4n) is 3.40.